The van der Waals surface area contributed by atoms with Crippen LogP contribution in [-0.4, -0.2) is 31.7 Å². The second kappa shape index (κ2) is 9.03. The molecule has 8 heteroatoms. The SMILES string of the molecule is CCCOCCOC(=O)C1=C(C)NC(=O)CC1c1ccccc1C(F)(F)F. The Labute approximate surface area is 155 Å². The molecule has 0 aromatic heterocycles. The number of alkyl halides is 3. The van der Waals surface area contributed by atoms with Crippen LogP contribution < -0.4 is 5.32 Å². The summed E-state index contributed by atoms with van der Waals surface area (Å²) in [6, 6.07) is 4.96. The Morgan fingerprint density at radius 1 is 1.22 bits per heavy atom. The number of ether oxygens (including phenoxy) is 2. The molecule has 148 valence electrons. The van der Waals surface area contributed by atoms with E-state index in [-0.39, 0.29) is 36.5 Å². The first-order valence-corrected chi connectivity index (χ1v) is 8.67. The first kappa shape index (κ1) is 21.0. The number of hydrogen-bond donors (Lipinski definition) is 1. The normalized spacial score (nSPS) is 17.7. The lowest BCUT2D eigenvalue weighted by Gasteiger charge is -2.28. The Bertz CT molecular complexity index is 728. The molecule has 1 heterocycles. The average Bonchev–Trinajstić information content (AvgIpc) is 2.60. The third kappa shape index (κ3) is 5.32. The third-order valence-electron chi connectivity index (χ3n) is 4.14. The standard InChI is InChI=1S/C19H22F3NO4/c1-3-8-26-9-10-27-18(25)17-12(2)23-16(24)11-14(17)13-6-4-5-7-15(13)19(20,21)22/h4-7,14H,3,8-11H2,1-2H3,(H,23,24). The Kier molecular flexibility index (Phi) is 7.01. The number of amides is 1. The molecule has 0 fully saturated rings. The van der Waals surface area contributed by atoms with E-state index in [1.807, 2.05) is 6.92 Å². The van der Waals surface area contributed by atoms with Gasteiger partial charge in [-0.1, -0.05) is 25.1 Å². The van der Waals surface area contributed by atoms with E-state index in [0.29, 0.717) is 6.61 Å². The van der Waals surface area contributed by atoms with Gasteiger partial charge in [0.15, 0.2) is 0 Å². The van der Waals surface area contributed by atoms with Gasteiger partial charge in [0.2, 0.25) is 5.91 Å². The van der Waals surface area contributed by atoms with Crippen LogP contribution in [0, 0.1) is 0 Å². The first-order chi connectivity index (χ1) is 12.8. The van der Waals surface area contributed by atoms with E-state index in [1.54, 1.807) is 0 Å². The smallest absolute Gasteiger partial charge is 0.416 e. The predicted molar refractivity (Wildman–Crippen MR) is 91.7 cm³/mol. The second-order valence-corrected chi connectivity index (χ2v) is 6.18. The molecule has 0 spiro atoms. The highest BCUT2D eigenvalue weighted by molar-refractivity contribution is 5.95. The van der Waals surface area contributed by atoms with E-state index in [1.165, 1.54) is 25.1 Å². The summed E-state index contributed by atoms with van der Waals surface area (Å²) in [4.78, 5) is 24.4. The lowest BCUT2D eigenvalue weighted by atomic mass is 9.82. The highest BCUT2D eigenvalue weighted by Gasteiger charge is 2.39. The molecule has 0 saturated heterocycles. The van der Waals surface area contributed by atoms with Crippen molar-refractivity contribution in [2.24, 2.45) is 0 Å². The van der Waals surface area contributed by atoms with Crippen LogP contribution in [0.3, 0.4) is 0 Å². The maximum absolute atomic E-state index is 13.4. The Hall–Kier alpha value is -2.35. The number of carbonyl (C=O) groups is 2. The van der Waals surface area contributed by atoms with Gasteiger partial charge in [0.1, 0.15) is 6.61 Å². The lowest BCUT2D eigenvalue weighted by molar-refractivity contribution is -0.142. The fraction of sp³-hybridized carbons (Fsp3) is 0.474. The van der Waals surface area contributed by atoms with Crippen molar-refractivity contribution in [3.8, 4) is 0 Å². The molecule has 27 heavy (non-hydrogen) atoms. The second-order valence-electron chi connectivity index (χ2n) is 6.18. The summed E-state index contributed by atoms with van der Waals surface area (Å²) < 4.78 is 50.6. The van der Waals surface area contributed by atoms with Crippen LogP contribution in [0.15, 0.2) is 35.5 Å². The first-order valence-electron chi connectivity index (χ1n) is 8.67. The molecule has 1 aromatic rings. The minimum Gasteiger partial charge on any atom is -0.460 e. The molecular formula is C19H22F3NO4. The molecule has 1 aliphatic heterocycles. The van der Waals surface area contributed by atoms with E-state index in [0.717, 1.165) is 12.5 Å². The van der Waals surface area contributed by atoms with Crippen LogP contribution in [0.2, 0.25) is 0 Å². The molecule has 0 saturated carbocycles. The van der Waals surface area contributed by atoms with Crippen molar-refractivity contribution < 1.29 is 32.2 Å². The summed E-state index contributed by atoms with van der Waals surface area (Å²) >= 11 is 0. The van der Waals surface area contributed by atoms with Gasteiger partial charge in [0.25, 0.3) is 0 Å². The maximum Gasteiger partial charge on any atom is 0.416 e. The number of esters is 1. The van der Waals surface area contributed by atoms with Crippen molar-refractivity contribution in [2.45, 2.75) is 38.8 Å². The predicted octanol–water partition coefficient (Wildman–Crippen LogP) is 3.55. The number of hydrogen-bond acceptors (Lipinski definition) is 4. The maximum atomic E-state index is 13.4. The molecule has 0 radical (unpaired) electrons. The van der Waals surface area contributed by atoms with Crippen molar-refractivity contribution in [2.75, 3.05) is 19.8 Å². The van der Waals surface area contributed by atoms with E-state index >= 15 is 0 Å². The zero-order valence-corrected chi connectivity index (χ0v) is 15.2. The number of allylic oxidation sites excluding steroid dienone is 1. The van der Waals surface area contributed by atoms with Crippen LogP contribution in [0.1, 0.15) is 43.7 Å². The summed E-state index contributed by atoms with van der Waals surface area (Å²) in [5.74, 6) is -2.23. The molecule has 1 aliphatic rings. The monoisotopic (exact) mass is 385 g/mol. The summed E-state index contributed by atoms with van der Waals surface area (Å²) in [7, 11) is 0. The Morgan fingerprint density at radius 2 is 1.93 bits per heavy atom. The molecule has 1 N–H and O–H groups in total. The van der Waals surface area contributed by atoms with Gasteiger partial charge in [-0.05, 0) is 25.0 Å². The minimum absolute atomic E-state index is 0.0167. The summed E-state index contributed by atoms with van der Waals surface area (Å²) in [6.07, 6.45) is -4.04. The van der Waals surface area contributed by atoms with Gasteiger partial charge in [0.05, 0.1) is 17.7 Å². The highest BCUT2D eigenvalue weighted by Crippen LogP contribution is 2.41. The van der Waals surface area contributed by atoms with Crippen molar-refractivity contribution in [1.29, 1.82) is 0 Å². The van der Waals surface area contributed by atoms with Gasteiger partial charge in [-0.2, -0.15) is 13.2 Å². The number of benzene rings is 1. The van der Waals surface area contributed by atoms with Crippen molar-refractivity contribution in [1.82, 2.24) is 5.32 Å². The lowest BCUT2D eigenvalue weighted by Crippen LogP contribution is -2.35. The average molecular weight is 385 g/mol. The summed E-state index contributed by atoms with van der Waals surface area (Å²) in [6.45, 7) is 4.12. The van der Waals surface area contributed by atoms with Gasteiger partial charge < -0.3 is 14.8 Å². The van der Waals surface area contributed by atoms with E-state index < -0.39 is 29.5 Å². The van der Waals surface area contributed by atoms with Crippen LogP contribution >= 0.6 is 0 Å². The molecular weight excluding hydrogens is 363 g/mol. The summed E-state index contributed by atoms with van der Waals surface area (Å²) in [5.41, 5.74) is -0.753. The van der Waals surface area contributed by atoms with E-state index in [2.05, 4.69) is 5.32 Å². The quantitative estimate of drug-likeness (QED) is 0.576. The van der Waals surface area contributed by atoms with Crippen LogP contribution in [0.25, 0.3) is 0 Å². The van der Waals surface area contributed by atoms with Crippen molar-refractivity contribution in [3.05, 3.63) is 46.7 Å². The number of rotatable bonds is 7. The zero-order valence-electron chi connectivity index (χ0n) is 15.2. The highest BCUT2D eigenvalue weighted by atomic mass is 19.4. The molecule has 1 atom stereocenters. The van der Waals surface area contributed by atoms with Crippen LogP contribution in [0.5, 0.6) is 0 Å². The topological polar surface area (TPSA) is 64.6 Å². The van der Waals surface area contributed by atoms with E-state index in [9.17, 15) is 22.8 Å². The molecule has 0 aliphatic carbocycles. The Morgan fingerprint density at radius 3 is 2.59 bits per heavy atom. The van der Waals surface area contributed by atoms with Gasteiger partial charge in [0, 0.05) is 24.6 Å². The fourth-order valence-electron chi connectivity index (χ4n) is 3.01. The number of carbonyl (C=O) groups excluding carboxylic acids is 2. The molecule has 1 amide bonds. The van der Waals surface area contributed by atoms with Gasteiger partial charge in [-0.3, -0.25) is 4.79 Å². The fourth-order valence-corrected chi connectivity index (χ4v) is 3.01. The number of halogens is 3. The molecule has 1 aromatic carbocycles. The van der Waals surface area contributed by atoms with Gasteiger partial charge >= 0.3 is 12.1 Å². The molecule has 0 bridgehead atoms. The van der Waals surface area contributed by atoms with E-state index in [4.69, 9.17) is 9.47 Å². The van der Waals surface area contributed by atoms with Crippen molar-refractivity contribution in [3.63, 3.8) is 0 Å². The number of nitrogens with one attached hydrogen (secondary N) is 1. The Balaban J connectivity index is 2.30. The molecule has 5 nitrogen and oxygen atoms in total. The summed E-state index contributed by atoms with van der Waals surface area (Å²) in [5, 5.41) is 2.51. The largest absolute Gasteiger partial charge is 0.460 e. The third-order valence-corrected chi connectivity index (χ3v) is 4.14. The molecule has 2 rings (SSSR count). The van der Waals surface area contributed by atoms with Crippen molar-refractivity contribution >= 4 is 11.9 Å². The zero-order chi connectivity index (χ0) is 20.0. The van der Waals surface area contributed by atoms with Gasteiger partial charge in [-0.15, -0.1) is 0 Å². The molecule has 1 unspecified atom stereocenters. The minimum atomic E-state index is -4.60. The van der Waals surface area contributed by atoms with Gasteiger partial charge in [-0.25, -0.2) is 4.79 Å². The van der Waals surface area contributed by atoms with Crippen LogP contribution in [-0.2, 0) is 25.2 Å². The van der Waals surface area contributed by atoms with Crippen LogP contribution in [0.4, 0.5) is 13.2 Å².